The van der Waals surface area contributed by atoms with Gasteiger partial charge in [0.1, 0.15) is 6.29 Å². The van der Waals surface area contributed by atoms with Crippen LogP contribution in [0.25, 0.3) is 11.1 Å². The van der Waals surface area contributed by atoms with Crippen LogP contribution in [0, 0.1) is 0 Å². The van der Waals surface area contributed by atoms with E-state index in [1.165, 1.54) is 0 Å². The maximum atomic E-state index is 10.6. The summed E-state index contributed by atoms with van der Waals surface area (Å²) >= 11 is 0. The number of carbonyl (C=O) groups excluding carboxylic acids is 1. The van der Waals surface area contributed by atoms with Crippen molar-refractivity contribution >= 4 is 6.29 Å². The Bertz CT molecular complexity index is 558. The largest absolute Gasteiger partial charge is 0.454 e. The van der Waals surface area contributed by atoms with Gasteiger partial charge in [0.25, 0.3) is 0 Å². The minimum Gasteiger partial charge on any atom is -0.454 e. The number of aldehydes is 1. The normalized spacial score (nSPS) is 12.5. The first kappa shape index (κ1) is 9.90. The third-order valence-electron chi connectivity index (χ3n) is 2.75. The average Bonchev–Trinajstić information content (AvgIpc) is 2.86. The molecule has 0 N–H and O–H groups in total. The van der Waals surface area contributed by atoms with Gasteiger partial charge < -0.3 is 9.47 Å². The van der Waals surface area contributed by atoms with E-state index in [4.69, 9.17) is 9.47 Å². The summed E-state index contributed by atoms with van der Waals surface area (Å²) in [5.74, 6) is 1.54. The predicted octanol–water partition coefficient (Wildman–Crippen LogP) is 2.89. The second-order valence-electron chi connectivity index (χ2n) is 3.81. The van der Waals surface area contributed by atoms with Crippen molar-refractivity contribution in [2.45, 2.75) is 0 Å². The van der Waals surface area contributed by atoms with Crippen molar-refractivity contribution in [1.29, 1.82) is 0 Å². The van der Waals surface area contributed by atoms with E-state index in [0.29, 0.717) is 5.56 Å². The van der Waals surface area contributed by atoms with Gasteiger partial charge in [0.05, 0.1) is 0 Å². The molecule has 3 nitrogen and oxygen atoms in total. The number of hydrogen-bond acceptors (Lipinski definition) is 3. The van der Waals surface area contributed by atoms with E-state index in [0.717, 1.165) is 28.9 Å². The van der Waals surface area contributed by atoms with Gasteiger partial charge in [-0.1, -0.05) is 30.3 Å². The molecular weight excluding hydrogens is 216 g/mol. The quantitative estimate of drug-likeness (QED) is 0.738. The van der Waals surface area contributed by atoms with Crippen molar-refractivity contribution in [2.24, 2.45) is 0 Å². The fourth-order valence-corrected chi connectivity index (χ4v) is 1.83. The molecule has 17 heavy (non-hydrogen) atoms. The number of fused-ring (bicyclic) bond motifs is 1. The van der Waals surface area contributed by atoms with Crippen LogP contribution in [-0.4, -0.2) is 13.1 Å². The molecule has 0 saturated carbocycles. The standard InChI is InChI=1S/C14H10O3/c15-8-10-1-3-11(4-2-10)12-5-6-13-14(7-12)17-9-16-13/h1-8H,9H2. The highest BCUT2D eigenvalue weighted by Crippen LogP contribution is 2.35. The lowest BCUT2D eigenvalue weighted by Gasteiger charge is -2.03. The highest BCUT2D eigenvalue weighted by Gasteiger charge is 2.13. The highest BCUT2D eigenvalue weighted by atomic mass is 16.7. The summed E-state index contributed by atoms with van der Waals surface area (Å²) in [6.45, 7) is 0.281. The molecule has 1 aliphatic heterocycles. The summed E-state index contributed by atoms with van der Waals surface area (Å²) in [7, 11) is 0. The Morgan fingerprint density at radius 2 is 1.59 bits per heavy atom. The van der Waals surface area contributed by atoms with Crippen LogP contribution in [0.15, 0.2) is 42.5 Å². The van der Waals surface area contributed by atoms with Gasteiger partial charge in [-0.05, 0) is 23.3 Å². The lowest BCUT2D eigenvalue weighted by atomic mass is 10.0. The second-order valence-corrected chi connectivity index (χ2v) is 3.81. The topological polar surface area (TPSA) is 35.5 Å². The molecule has 2 aromatic carbocycles. The summed E-state index contributed by atoms with van der Waals surface area (Å²) < 4.78 is 10.6. The van der Waals surface area contributed by atoms with E-state index in [-0.39, 0.29) is 6.79 Å². The van der Waals surface area contributed by atoms with Crippen LogP contribution >= 0.6 is 0 Å². The Morgan fingerprint density at radius 1 is 0.882 bits per heavy atom. The molecule has 0 fully saturated rings. The van der Waals surface area contributed by atoms with Gasteiger partial charge in [-0.25, -0.2) is 0 Å². The van der Waals surface area contributed by atoms with Crippen molar-refractivity contribution in [3.8, 4) is 22.6 Å². The molecule has 0 atom stereocenters. The van der Waals surface area contributed by atoms with Crippen LogP contribution in [0.2, 0.25) is 0 Å². The van der Waals surface area contributed by atoms with Crippen LogP contribution in [0.4, 0.5) is 0 Å². The van der Waals surface area contributed by atoms with E-state index < -0.39 is 0 Å². The van der Waals surface area contributed by atoms with Crippen LogP contribution < -0.4 is 9.47 Å². The molecule has 2 aromatic rings. The Kier molecular flexibility index (Phi) is 2.29. The van der Waals surface area contributed by atoms with Gasteiger partial charge in [0.2, 0.25) is 6.79 Å². The van der Waals surface area contributed by atoms with Crippen LogP contribution in [-0.2, 0) is 0 Å². The molecule has 3 heteroatoms. The van der Waals surface area contributed by atoms with Gasteiger partial charge in [0, 0.05) is 5.56 Å². The van der Waals surface area contributed by atoms with Gasteiger partial charge in [-0.3, -0.25) is 4.79 Å². The minimum atomic E-state index is 0.281. The summed E-state index contributed by atoms with van der Waals surface area (Å²) in [5, 5.41) is 0. The lowest BCUT2D eigenvalue weighted by molar-refractivity contribution is 0.112. The number of benzene rings is 2. The molecule has 84 valence electrons. The summed E-state index contributed by atoms with van der Waals surface area (Å²) in [4.78, 5) is 10.6. The first-order valence-electron chi connectivity index (χ1n) is 5.32. The van der Waals surface area contributed by atoms with Crippen LogP contribution in [0.5, 0.6) is 11.5 Å². The van der Waals surface area contributed by atoms with Crippen LogP contribution in [0.3, 0.4) is 0 Å². The molecule has 0 spiro atoms. The molecule has 0 aliphatic carbocycles. The maximum Gasteiger partial charge on any atom is 0.231 e. The molecule has 0 radical (unpaired) electrons. The molecule has 0 aromatic heterocycles. The third kappa shape index (κ3) is 1.76. The van der Waals surface area contributed by atoms with Crippen molar-refractivity contribution in [1.82, 2.24) is 0 Å². The summed E-state index contributed by atoms with van der Waals surface area (Å²) in [6.07, 6.45) is 0.837. The summed E-state index contributed by atoms with van der Waals surface area (Å²) in [5.41, 5.74) is 2.77. The predicted molar refractivity (Wildman–Crippen MR) is 63.4 cm³/mol. The van der Waals surface area contributed by atoms with Crippen molar-refractivity contribution in [3.05, 3.63) is 48.0 Å². The second kappa shape index (κ2) is 3.94. The number of ether oxygens (including phenoxy) is 2. The van der Waals surface area contributed by atoms with E-state index in [1.807, 2.05) is 30.3 Å². The molecule has 3 rings (SSSR count). The highest BCUT2D eigenvalue weighted by molar-refractivity contribution is 5.77. The maximum absolute atomic E-state index is 10.6. The Morgan fingerprint density at radius 3 is 2.35 bits per heavy atom. The van der Waals surface area contributed by atoms with E-state index in [2.05, 4.69) is 0 Å². The molecule has 0 unspecified atom stereocenters. The molecule has 0 bridgehead atoms. The number of rotatable bonds is 2. The van der Waals surface area contributed by atoms with Crippen molar-refractivity contribution < 1.29 is 14.3 Å². The Labute approximate surface area is 98.6 Å². The fraction of sp³-hybridized carbons (Fsp3) is 0.0714. The lowest BCUT2D eigenvalue weighted by Crippen LogP contribution is -1.92. The zero-order valence-corrected chi connectivity index (χ0v) is 9.05. The average molecular weight is 226 g/mol. The van der Waals surface area contributed by atoms with Gasteiger partial charge in [0.15, 0.2) is 11.5 Å². The number of hydrogen-bond donors (Lipinski definition) is 0. The minimum absolute atomic E-state index is 0.281. The van der Waals surface area contributed by atoms with Gasteiger partial charge in [-0.2, -0.15) is 0 Å². The number of carbonyl (C=O) groups is 1. The first-order chi connectivity index (χ1) is 8.36. The van der Waals surface area contributed by atoms with Gasteiger partial charge in [-0.15, -0.1) is 0 Å². The Hall–Kier alpha value is -2.29. The first-order valence-corrected chi connectivity index (χ1v) is 5.32. The zero-order valence-electron chi connectivity index (χ0n) is 9.05. The zero-order chi connectivity index (χ0) is 11.7. The Balaban J connectivity index is 2.00. The molecular formula is C14H10O3. The van der Waals surface area contributed by atoms with Crippen molar-refractivity contribution in [3.63, 3.8) is 0 Å². The van der Waals surface area contributed by atoms with Gasteiger partial charge >= 0.3 is 0 Å². The van der Waals surface area contributed by atoms with E-state index >= 15 is 0 Å². The SMILES string of the molecule is O=Cc1ccc(-c2ccc3c(c2)OCO3)cc1. The smallest absolute Gasteiger partial charge is 0.231 e. The molecule has 1 heterocycles. The fourth-order valence-electron chi connectivity index (χ4n) is 1.83. The van der Waals surface area contributed by atoms with E-state index in [9.17, 15) is 4.79 Å². The van der Waals surface area contributed by atoms with Crippen molar-refractivity contribution in [2.75, 3.05) is 6.79 Å². The third-order valence-corrected chi connectivity index (χ3v) is 2.75. The van der Waals surface area contributed by atoms with E-state index in [1.54, 1.807) is 12.1 Å². The molecule has 0 amide bonds. The summed E-state index contributed by atoms with van der Waals surface area (Å²) in [6, 6.07) is 13.2. The molecule has 0 saturated heterocycles. The van der Waals surface area contributed by atoms with Crippen LogP contribution in [0.1, 0.15) is 10.4 Å². The molecule has 1 aliphatic rings. The monoisotopic (exact) mass is 226 g/mol.